The summed E-state index contributed by atoms with van der Waals surface area (Å²) in [6.07, 6.45) is 4.72. The van der Waals surface area contributed by atoms with Crippen molar-refractivity contribution in [3.05, 3.63) is 18.2 Å². The van der Waals surface area contributed by atoms with Gasteiger partial charge in [0.05, 0.1) is 12.5 Å². The molecule has 1 rings (SSSR count). The normalized spacial score (nSPS) is 14.0. The fraction of sp³-hybridized carbons (Fsp3) is 0.625. The Morgan fingerprint density at radius 3 is 2.81 bits per heavy atom. The van der Waals surface area contributed by atoms with Crippen LogP contribution in [0, 0.1) is 0 Å². The molecule has 0 radical (unpaired) electrons. The van der Waals surface area contributed by atoms with Crippen molar-refractivity contribution in [2.45, 2.75) is 19.8 Å². The molecule has 0 aromatic carbocycles. The van der Waals surface area contributed by atoms with Crippen LogP contribution in [0.1, 0.15) is 19.0 Å². The van der Waals surface area contributed by atoms with Crippen molar-refractivity contribution in [1.29, 1.82) is 0 Å². The van der Waals surface area contributed by atoms with Crippen LogP contribution in [0.2, 0.25) is 0 Å². The first kappa shape index (κ1) is 13.8. The molecule has 0 aliphatic carbocycles. The minimum absolute atomic E-state index is 0.0900. The van der Waals surface area contributed by atoms with Gasteiger partial charge in [-0.05, 0) is 6.42 Å². The second-order valence-electron chi connectivity index (χ2n) is 3.46. The van der Waals surface area contributed by atoms with E-state index in [1.165, 1.54) is 6.33 Å². The zero-order chi connectivity index (χ0) is 12.2. The highest BCUT2D eigenvalue weighted by Gasteiger charge is 2.18. The van der Waals surface area contributed by atoms with E-state index in [1.807, 2.05) is 6.92 Å². The largest absolute Gasteiger partial charge is 0.354 e. The predicted molar refractivity (Wildman–Crippen MR) is 62.5 cm³/mol. The van der Waals surface area contributed by atoms with Gasteiger partial charge in [-0.25, -0.2) is 4.98 Å². The molecular weight excluding hydrogens is 250 g/mol. The first-order chi connectivity index (χ1) is 7.44. The van der Waals surface area contributed by atoms with Gasteiger partial charge in [0.2, 0.25) is 0 Å². The summed E-state index contributed by atoms with van der Waals surface area (Å²) in [5.41, 5.74) is 0.904. The molecule has 0 fully saturated rings. The fourth-order valence-corrected chi connectivity index (χ4v) is 3.89. The van der Waals surface area contributed by atoms with Crippen LogP contribution < -0.4 is 0 Å². The Hall–Kier alpha value is -0.250. The Bertz CT molecular complexity index is 376. The molecule has 1 heterocycles. The third-order valence-electron chi connectivity index (χ3n) is 2.04. The zero-order valence-corrected chi connectivity index (χ0v) is 10.8. The lowest BCUT2D eigenvalue weighted by Crippen LogP contribution is -2.02. The number of hydrogen-bond donors (Lipinski definition) is 3. The van der Waals surface area contributed by atoms with Crippen LogP contribution in [-0.4, -0.2) is 36.3 Å². The molecular formula is C8H16N2O4P2. The molecule has 0 bridgehead atoms. The molecule has 0 saturated carbocycles. The topological polar surface area (TPSA) is 95.6 Å². The average Bonchev–Trinajstić information content (AvgIpc) is 2.62. The smallest absolute Gasteiger partial charge is 0.326 e. The second-order valence-corrected chi connectivity index (χ2v) is 6.86. The van der Waals surface area contributed by atoms with Crippen LogP contribution in [0.5, 0.6) is 0 Å². The van der Waals surface area contributed by atoms with Gasteiger partial charge < -0.3 is 14.7 Å². The summed E-state index contributed by atoms with van der Waals surface area (Å²) in [5.74, 6) is 0. The standard InChI is InChI=1S/C8H16N2O4P2/c1-2-3-8-6-9-7-10(8)15(11)4-5-16(12,13)14/h6-7,11H,2-5H2,1H3,(H2,12,13,14). The molecule has 8 heteroatoms. The minimum Gasteiger partial charge on any atom is -0.354 e. The van der Waals surface area contributed by atoms with E-state index in [9.17, 15) is 9.46 Å². The van der Waals surface area contributed by atoms with Gasteiger partial charge in [-0.3, -0.25) is 8.90 Å². The van der Waals surface area contributed by atoms with E-state index in [4.69, 9.17) is 9.79 Å². The summed E-state index contributed by atoms with van der Waals surface area (Å²) in [4.78, 5) is 31.2. The van der Waals surface area contributed by atoms with E-state index in [2.05, 4.69) is 4.98 Å². The summed E-state index contributed by atoms with van der Waals surface area (Å²) >= 11 is 0. The van der Waals surface area contributed by atoms with Gasteiger partial charge in [-0.2, -0.15) is 0 Å². The molecule has 1 atom stereocenters. The lowest BCUT2D eigenvalue weighted by molar-refractivity contribution is 0.374. The molecule has 0 aliphatic rings. The Balaban J connectivity index is 2.61. The van der Waals surface area contributed by atoms with Crippen LogP contribution in [0.25, 0.3) is 0 Å². The molecule has 6 nitrogen and oxygen atoms in total. The molecule has 0 spiro atoms. The summed E-state index contributed by atoms with van der Waals surface area (Å²) in [6.45, 7) is 2.02. The SMILES string of the molecule is CCCc1cncn1P(O)CCP(=O)(O)O. The van der Waals surface area contributed by atoms with E-state index < -0.39 is 15.9 Å². The molecule has 0 aliphatic heterocycles. The number of hydrogen-bond acceptors (Lipinski definition) is 3. The van der Waals surface area contributed by atoms with Gasteiger partial charge in [0.15, 0.2) is 0 Å². The van der Waals surface area contributed by atoms with E-state index >= 15 is 0 Å². The van der Waals surface area contributed by atoms with Crippen LogP contribution >= 0.6 is 15.9 Å². The molecule has 3 N–H and O–H groups in total. The van der Waals surface area contributed by atoms with Gasteiger partial charge in [0.25, 0.3) is 0 Å². The maximum atomic E-state index is 10.7. The molecule has 0 amide bonds. The number of aromatic nitrogens is 2. The molecule has 16 heavy (non-hydrogen) atoms. The summed E-state index contributed by atoms with van der Waals surface area (Å²) < 4.78 is 12.3. The summed E-state index contributed by atoms with van der Waals surface area (Å²) in [5, 5.41) is 0. The number of aryl methyl sites for hydroxylation is 1. The highest BCUT2D eigenvalue weighted by Crippen LogP contribution is 2.41. The predicted octanol–water partition coefficient (Wildman–Crippen LogP) is 1.17. The van der Waals surface area contributed by atoms with Crippen molar-refractivity contribution < 1.29 is 19.2 Å². The first-order valence-corrected chi connectivity index (χ1v) is 8.19. The Morgan fingerprint density at radius 1 is 1.56 bits per heavy atom. The quantitative estimate of drug-likeness (QED) is 0.671. The van der Waals surface area contributed by atoms with Crippen molar-refractivity contribution in [2.24, 2.45) is 0 Å². The van der Waals surface area contributed by atoms with Gasteiger partial charge in [-0.15, -0.1) is 0 Å². The maximum absolute atomic E-state index is 10.7. The Kier molecular flexibility index (Phi) is 5.09. The van der Waals surface area contributed by atoms with Crippen molar-refractivity contribution in [3.63, 3.8) is 0 Å². The highest BCUT2D eigenvalue weighted by atomic mass is 31.2. The van der Waals surface area contributed by atoms with Crippen molar-refractivity contribution in [1.82, 2.24) is 9.32 Å². The third kappa shape index (κ3) is 4.32. The first-order valence-electron chi connectivity index (χ1n) is 4.96. The lowest BCUT2D eigenvalue weighted by Gasteiger charge is -2.14. The third-order valence-corrected chi connectivity index (χ3v) is 4.68. The number of nitrogens with zero attached hydrogens (tertiary/aromatic N) is 2. The average molecular weight is 266 g/mol. The van der Waals surface area contributed by atoms with Gasteiger partial charge in [0, 0.05) is 18.1 Å². The van der Waals surface area contributed by atoms with Crippen LogP contribution in [0.4, 0.5) is 0 Å². The van der Waals surface area contributed by atoms with Crippen molar-refractivity contribution in [3.8, 4) is 0 Å². The molecule has 1 unspecified atom stereocenters. The molecule has 1 aromatic rings. The van der Waals surface area contributed by atoms with E-state index in [1.54, 1.807) is 10.5 Å². The van der Waals surface area contributed by atoms with E-state index in [-0.39, 0.29) is 12.3 Å². The Labute approximate surface area is 95.4 Å². The number of imidazole rings is 1. The Morgan fingerprint density at radius 2 is 2.25 bits per heavy atom. The molecule has 1 aromatic heterocycles. The summed E-state index contributed by atoms with van der Waals surface area (Å²) in [6, 6.07) is 0. The van der Waals surface area contributed by atoms with Crippen LogP contribution in [0.3, 0.4) is 0 Å². The van der Waals surface area contributed by atoms with Gasteiger partial charge in [0.1, 0.15) is 8.30 Å². The van der Waals surface area contributed by atoms with Gasteiger partial charge in [-0.1, -0.05) is 13.3 Å². The van der Waals surface area contributed by atoms with Crippen LogP contribution in [0.15, 0.2) is 12.5 Å². The fourth-order valence-electron chi connectivity index (χ4n) is 1.29. The monoisotopic (exact) mass is 266 g/mol. The minimum atomic E-state index is -4.03. The zero-order valence-electron chi connectivity index (χ0n) is 9.02. The van der Waals surface area contributed by atoms with Crippen molar-refractivity contribution >= 4 is 15.9 Å². The van der Waals surface area contributed by atoms with E-state index in [0.29, 0.717) is 0 Å². The van der Waals surface area contributed by atoms with Gasteiger partial charge >= 0.3 is 7.60 Å². The second kappa shape index (κ2) is 5.89. The molecule has 0 saturated heterocycles. The summed E-state index contributed by atoms with van der Waals surface area (Å²) in [7, 11) is -5.60. The highest BCUT2D eigenvalue weighted by molar-refractivity contribution is 7.55. The van der Waals surface area contributed by atoms with Crippen molar-refractivity contribution in [2.75, 3.05) is 12.3 Å². The molecule has 92 valence electrons. The lowest BCUT2D eigenvalue weighted by atomic mass is 10.3. The maximum Gasteiger partial charge on any atom is 0.326 e. The number of rotatable bonds is 6. The van der Waals surface area contributed by atoms with Crippen LogP contribution in [-0.2, 0) is 11.0 Å². The van der Waals surface area contributed by atoms with E-state index in [0.717, 1.165) is 18.5 Å².